The summed E-state index contributed by atoms with van der Waals surface area (Å²) in [5.41, 5.74) is 1.52. The quantitative estimate of drug-likeness (QED) is 0.720. The summed E-state index contributed by atoms with van der Waals surface area (Å²) in [5, 5.41) is 10.7. The first-order valence-electron chi connectivity index (χ1n) is 5.64. The van der Waals surface area contributed by atoms with Gasteiger partial charge < -0.3 is 5.32 Å². The summed E-state index contributed by atoms with van der Waals surface area (Å²) in [6.45, 7) is 0. The molecule has 4 heteroatoms. The molecule has 0 bridgehead atoms. The Kier molecular flexibility index (Phi) is 2.53. The van der Waals surface area contributed by atoms with E-state index in [1.165, 1.54) is 0 Å². The lowest BCUT2D eigenvalue weighted by molar-refractivity contribution is 0.102. The second-order valence-corrected chi connectivity index (χ2v) is 3.94. The Labute approximate surface area is 104 Å². The van der Waals surface area contributed by atoms with Gasteiger partial charge >= 0.3 is 0 Å². The lowest BCUT2D eigenvalue weighted by atomic mass is 10.2. The van der Waals surface area contributed by atoms with Gasteiger partial charge in [0.05, 0.1) is 5.52 Å². The topological polar surface area (TPSA) is 57.8 Å². The van der Waals surface area contributed by atoms with Gasteiger partial charge in [-0.05, 0) is 24.3 Å². The highest BCUT2D eigenvalue weighted by atomic mass is 16.1. The van der Waals surface area contributed by atoms with Gasteiger partial charge in [-0.3, -0.25) is 9.89 Å². The molecule has 2 aromatic carbocycles. The number of H-pyrrole nitrogens is 1. The molecule has 0 aliphatic rings. The fraction of sp³-hybridized carbons (Fsp3) is 0. The van der Waals surface area contributed by atoms with Gasteiger partial charge in [0.2, 0.25) is 0 Å². The SMILES string of the molecule is O=C(Nc1n[nH]c2ccccc12)c1ccccc1. The monoisotopic (exact) mass is 237 g/mol. The number of nitrogens with one attached hydrogen (secondary N) is 2. The van der Waals surface area contributed by atoms with E-state index in [0.29, 0.717) is 11.4 Å². The zero-order chi connectivity index (χ0) is 12.4. The van der Waals surface area contributed by atoms with E-state index >= 15 is 0 Å². The van der Waals surface area contributed by atoms with Crippen LogP contribution in [0.1, 0.15) is 10.4 Å². The number of hydrogen-bond donors (Lipinski definition) is 2. The second kappa shape index (κ2) is 4.33. The molecule has 0 saturated carbocycles. The molecule has 2 N–H and O–H groups in total. The van der Waals surface area contributed by atoms with Gasteiger partial charge in [-0.1, -0.05) is 30.3 Å². The average molecular weight is 237 g/mol. The number of fused-ring (bicyclic) bond motifs is 1. The summed E-state index contributed by atoms with van der Waals surface area (Å²) in [6, 6.07) is 16.7. The van der Waals surface area contributed by atoms with Crippen molar-refractivity contribution in [1.29, 1.82) is 0 Å². The van der Waals surface area contributed by atoms with Crippen molar-refractivity contribution in [3.63, 3.8) is 0 Å². The van der Waals surface area contributed by atoms with Crippen LogP contribution in [-0.2, 0) is 0 Å². The normalized spacial score (nSPS) is 10.4. The van der Waals surface area contributed by atoms with E-state index in [-0.39, 0.29) is 5.91 Å². The molecule has 3 aromatic rings. The van der Waals surface area contributed by atoms with Gasteiger partial charge in [0, 0.05) is 10.9 Å². The summed E-state index contributed by atoms with van der Waals surface area (Å²) in [6.07, 6.45) is 0. The third kappa shape index (κ3) is 1.84. The number of amides is 1. The van der Waals surface area contributed by atoms with Crippen LogP contribution in [0, 0.1) is 0 Å². The molecule has 0 aliphatic carbocycles. The van der Waals surface area contributed by atoms with Gasteiger partial charge in [-0.15, -0.1) is 0 Å². The van der Waals surface area contributed by atoms with Gasteiger partial charge in [0.25, 0.3) is 5.91 Å². The molecule has 1 aromatic heterocycles. The fourth-order valence-electron chi connectivity index (χ4n) is 1.83. The highest BCUT2D eigenvalue weighted by molar-refractivity contribution is 6.07. The summed E-state index contributed by atoms with van der Waals surface area (Å²) >= 11 is 0. The Morgan fingerprint density at radius 2 is 1.72 bits per heavy atom. The van der Waals surface area contributed by atoms with E-state index in [4.69, 9.17) is 0 Å². The predicted molar refractivity (Wildman–Crippen MR) is 70.5 cm³/mol. The second-order valence-electron chi connectivity index (χ2n) is 3.94. The van der Waals surface area contributed by atoms with Crippen LogP contribution >= 0.6 is 0 Å². The predicted octanol–water partition coefficient (Wildman–Crippen LogP) is 2.82. The van der Waals surface area contributed by atoms with Crippen molar-refractivity contribution in [3.05, 3.63) is 60.2 Å². The highest BCUT2D eigenvalue weighted by Crippen LogP contribution is 2.20. The minimum absolute atomic E-state index is 0.159. The molecule has 1 amide bonds. The zero-order valence-electron chi connectivity index (χ0n) is 9.55. The van der Waals surface area contributed by atoms with Crippen molar-refractivity contribution in [2.75, 3.05) is 5.32 Å². The summed E-state index contributed by atoms with van der Waals surface area (Å²) in [7, 11) is 0. The highest BCUT2D eigenvalue weighted by Gasteiger charge is 2.09. The molecule has 0 spiro atoms. The number of benzene rings is 2. The zero-order valence-corrected chi connectivity index (χ0v) is 9.55. The Morgan fingerprint density at radius 3 is 2.56 bits per heavy atom. The van der Waals surface area contributed by atoms with Crippen LogP contribution in [0.2, 0.25) is 0 Å². The summed E-state index contributed by atoms with van der Waals surface area (Å²) in [4.78, 5) is 12.0. The van der Waals surface area contributed by atoms with Gasteiger partial charge in [-0.25, -0.2) is 0 Å². The Morgan fingerprint density at radius 1 is 1.00 bits per heavy atom. The maximum absolute atomic E-state index is 12.0. The van der Waals surface area contributed by atoms with Crippen molar-refractivity contribution < 1.29 is 4.79 Å². The lowest BCUT2D eigenvalue weighted by Crippen LogP contribution is -2.12. The molecule has 0 atom stereocenters. The smallest absolute Gasteiger partial charge is 0.256 e. The maximum atomic E-state index is 12.0. The Bertz CT molecular complexity index is 688. The van der Waals surface area contributed by atoms with Gasteiger partial charge in [0.15, 0.2) is 5.82 Å². The van der Waals surface area contributed by atoms with Gasteiger partial charge in [-0.2, -0.15) is 5.10 Å². The lowest BCUT2D eigenvalue weighted by Gasteiger charge is -2.01. The van der Waals surface area contributed by atoms with Crippen molar-refractivity contribution in [2.24, 2.45) is 0 Å². The molecule has 0 fully saturated rings. The number of rotatable bonds is 2. The molecular formula is C14H11N3O. The minimum atomic E-state index is -0.159. The number of nitrogens with zero attached hydrogens (tertiary/aromatic N) is 1. The van der Waals surface area contributed by atoms with Crippen molar-refractivity contribution in [1.82, 2.24) is 10.2 Å². The third-order valence-electron chi connectivity index (χ3n) is 2.74. The number of hydrogen-bond acceptors (Lipinski definition) is 2. The molecule has 1 heterocycles. The fourth-order valence-corrected chi connectivity index (χ4v) is 1.83. The summed E-state index contributed by atoms with van der Waals surface area (Å²) < 4.78 is 0. The molecule has 0 radical (unpaired) electrons. The van der Waals surface area contributed by atoms with Crippen molar-refractivity contribution in [3.8, 4) is 0 Å². The van der Waals surface area contributed by atoms with Crippen LogP contribution in [0.3, 0.4) is 0 Å². The number of carbonyl (C=O) groups excluding carboxylic acids is 1. The number of carbonyl (C=O) groups is 1. The third-order valence-corrected chi connectivity index (χ3v) is 2.74. The van der Waals surface area contributed by atoms with E-state index in [0.717, 1.165) is 10.9 Å². The number of aromatic amines is 1. The van der Waals surface area contributed by atoms with Crippen LogP contribution in [0.25, 0.3) is 10.9 Å². The van der Waals surface area contributed by atoms with E-state index in [9.17, 15) is 4.79 Å². The van der Waals surface area contributed by atoms with Crippen LogP contribution in [0.15, 0.2) is 54.6 Å². The molecule has 0 aliphatic heterocycles. The van der Waals surface area contributed by atoms with Crippen LogP contribution in [0.4, 0.5) is 5.82 Å². The van der Waals surface area contributed by atoms with Crippen LogP contribution in [0.5, 0.6) is 0 Å². The van der Waals surface area contributed by atoms with E-state index in [1.807, 2.05) is 42.5 Å². The standard InChI is InChI=1S/C14H11N3O/c18-14(10-6-2-1-3-7-10)15-13-11-8-4-5-9-12(11)16-17-13/h1-9H,(H2,15,16,17,18). The molecule has 18 heavy (non-hydrogen) atoms. The first-order valence-corrected chi connectivity index (χ1v) is 5.64. The molecule has 0 unspecified atom stereocenters. The molecular weight excluding hydrogens is 226 g/mol. The van der Waals surface area contributed by atoms with E-state index in [1.54, 1.807) is 12.1 Å². The van der Waals surface area contributed by atoms with E-state index < -0.39 is 0 Å². The first-order chi connectivity index (χ1) is 8.84. The number of aromatic nitrogens is 2. The van der Waals surface area contributed by atoms with Crippen LogP contribution < -0.4 is 5.32 Å². The number of anilines is 1. The number of para-hydroxylation sites is 1. The molecule has 88 valence electrons. The Hall–Kier alpha value is -2.62. The van der Waals surface area contributed by atoms with Crippen LogP contribution in [-0.4, -0.2) is 16.1 Å². The molecule has 0 saturated heterocycles. The largest absolute Gasteiger partial charge is 0.305 e. The average Bonchev–Trinajstić information content (AvgIpc) is 2.83. The first kappa shape index (κ1) is 10.5. The molecule has 3 rings (SSSR count). The summed E-state index contributed by atoms with van der Waals surface area (Å²) in [5.74, 6) is 0.396. The minimum Gasteiger partial charge on any atom is -0.305 e. The maximum Gasteiger partial charge on any atom is 0.256 e. The van der Waals surface area contributed by atoms with Crippen molar-refractivity contribution in [2.45, 2.75) is 0 Å². The Balaban J connectivity index is 1.91. The molecule has 4 nitrogen and oxygen atoms in total. The van der Waals surface area contributed by atoms with Gasteiger partial charge in [0.1, 0.15) is 0 Å². The van der Waals surface area contributed by atoms with Crippen molar-refractivity contribution >= 4 is 22.6 Å². The van der Waals surface area contributed by atoms with E-state index in [2.05, 4.69) is 15.5 Å².